The molecular weight excluding hydrogens is 228 g/mol. The third kappa shape index (κ3) is 1.72. The Morgan fingerprint density at radius 3 is 2.56 bits per heavy atom. The van der Waals surface area contributed by atoms with E-state index in [1.807, 2.05) is 6.92 Å². The highest BCUT2D eigenvalue weighted by Gasteiger charge is 2.16. The van der Waals surface area contributed by atoms with E-state index in [0.717, 1.165) is 23.3 Å². The van der Waals surface area contributed by atoms with Gasteiger partial charge in [-0.25, -0.2) is 8.78 Å². The van der Waals surface area contributed by atoms with Gasteiger partial charge < -0.3 is 5.73 Å². The van der Waals surface area contributed by atoms with Crippen molar-refractivity contribution in [2.75, 3.05) is 0 Å². The topological polar surface area (TPSA) is 26.0 Å². The van der Waals surface area contributed by atoms with E-state index in [0.29, 0.717) is 16.6 Å². The number of benzene rings is 1. The molecule has 0 amide bonds. The lowest BCUT2D eigenvalue weighted by atomic mass is 10.1. The van der Waals surface area contributed by atoms with Crippen LogP contribution in [-0.2, 0) is 13.0 Å². The van der Waals surface area contributed by atoms with Crippen LogP contribution in [0.5, 0.6) is 0 Å². The lowest BCUT2D eigenvalue weighted by Crippen LogP contribution is -1.97. The normalized spacial score (nSPS) is 11.2. The van der Waals surface area contributed by atoms with Gasteiger partial charge in [-0.2, -0.15) is 0 Å². The second-order valence-corrected chi connectivity index (χ2v) is 4.80. The SMILES string of the molecule is CCCc1c(CN)sc2c(F)ccc(F)c12. The van der Waals surface area contributed by atoms with Crippen molar-refractivity contribution in [3.8, 4) is 0 Å². The monoisotopic (exact) mass is 241 g/mol. The molecule has 0 spiro atoms. The van der Waals surface area contributed by atoms with Crippen LogP contribution in [0, 0.1) is 11.6 Å². The van der Waals surface area contributed by atoms with Crippen molar-refractivity contribution in [3.05, 3.63) is 34.2 Å². The Balaban J connectivity index is 2.78. The van der Waals surface area contributed by atoms with Gasteiger partial charge in [-0.05, 0) is 24.1 Å². The lowest BCUT2D eigenvalue weighted by molar-refractivity contribution is 0.618. The van der Waals surface area contributed by atoms with E-state index in [4.69, 9.17) is 5.73 Å². The van der Waals surface area contributed by atoms with Crippen molar-refractivity contribution < 1.29 is 8.78 Å². The van der Waals surface area contributed by atoms with Crippen LogP contribution in [0.3, 0.4) is 0 Å². The fourth-order valence-corrected chi connectivity index (χ4v) is 3.06. The van der Waals surface area contributed by atoms with Crippen LogP contribution in [0.4, 0.5) is 8.78 Å². The van der Waals surface area contributed by atoms with Crippen molar-refractivity contribution in [1.29, 1.82) is 0 Å². The van der Waals surface area contributed by atoms with Crippen molar-refractivity contribution >= 4 is 21.4 Å². The Labute approximate surface area is 96.9 Å². The third-order valence-electron chi connectivity index (χ3n) is 2.61. The molecule has 0 atom stereocenters. The first-order valence-electron chi connectivity index (χ1n) is 5.27. The quantitative estimate of drug-likeness (QED) is 0.873. The maximum absolute atomic E-state index is 13.7. The number of rotatable bonds is 3. The van der Waals surface area contributed by atoms with Crippen LogP contribution in [0.25, 0.3) is 10.1 Å². The molecule has 86 valence electrons. The van der Waals surface area contributed by atoms with Gasteiger partial charge in [0, 0.05) is 16.8 Å². The van der Waals surface area contributed by atoms with Crippen LogP contribution in [0.1, 0.15) is 23.8 Å². The first-order chi connectivity index (χ1) is 7.69. The molecule has 0 unspecified atom stereocenters. The van der Waals surface area contributed by atoms with Gasteiger partial charge in [-0.3, -0.25) is 0 Å². The Hall–Kier alpha value is -1.00. The predicted molar refractivity (Wildman–Crippen MR) is 63.6 cm³/mol. The molecule has 0 saturated carbocycles. The summed E-state index contributed by atoms with van der Waals surface area (Å²) in [6.07, 6.45) is 1.64. The average Bonchev–Trinajstić information content (AvgIpc) is 2.64. The molecule has 0 aliphatic rings. The number of hydrogen-bond acceptors (Lipinski definition) is 2. The molecule has 4 heteroatoms. The molecule has 1 nitrogen and oxygen atoms in total. The molecule has 2 N–H and O–H groups in total. The molecule has 2 aromatic rings. The summed E-state index contributed by atoms with van der Waals surface area (Å²) >= 11 is 1.26. The standard InChI is InChI=1S/C12H13F2NS/c1-2-3-7-10(6-15)16-12-9(14)5-4-8(13)11(7)12/h4-5H,2-3,6,15H2,1H3. The van der Waals surface area contributed by atoms with Gasteiger partial charge in [0.15, 0.2) is 0 Å². The van der Waals surface area contributed by atoms with E-state index in [1.54, 1.807) is 0 Å². The van der Waals surface area contributed by atoms with Crippen LogP contribution >= 0.6 is 11.3 Å². The van der Waals surface area contributed by atoms with E-state index in [1.165, 1.54) is 23.5 Å². The summed E-state index contributed by atoms with van der Waals surface area (Å²) in [5.41, 5.74) is 6.49. The fourth-order valence-electron chi connectivity index (χ4n) is 1.92. The van der Waals surface area contributed by atoms with Crippen molar-refractivity contribution in [3.63, 3.8) is 0 Å². The third-order valence-corrected chi connectivity index (χ3v) is 3.87. The molecule has 16 heavy (non-hydrogen) atoms. The molecule has 0 bridgehead atoms. The van der Waals surface area contributed by atoms with Gasteiger partial charge >= 0.3 is 0 Å². The summed E-state index contributed by atoms with van der Waals surface area (Å²) in [4.78, 5) is 0.890. The Morgan fingerprint density at radius 1 is 1.25 bits per heavy atom. The molecule has 0 saturated heterocycles. The van der Waals surface area contributed by atoms with E-state index in [9.17, 15) is 8.78 Å². The van der Waals surface area contributed by atoms with Crippen LogP contribution in [0.15, 0.2) is 12.1 Å². The minimum absolute atomic E-state index is 0.341. The average molecular weight is 241 g/mol. The minimum atomic E-state index is -0.363. The predicted octanol–water partition coefficient (Wildman–Crippen LogP) is 3.59. The molecule has 1 aromatic carbocycles. The number of nitrogens with two attached hydrogens (primary N) is 1. The fraction of sp³-hybridized carbons (Fsp3) is 0.333. The summed E-state index contributed by atoms with van der Waals surface area (Å²) in [6, 6.07) is 2.36. The van der Waals surface area contributed by atoms with Gasteiger partial charge in [0.1, 0.15) is 11.6 Å². The Morgan fingerprint density at radius 2 is 1.94 bits per heavy atom. The summed E-state index contributed by atoms with van der Waals surface area (Å²) < 4.78 is 27.6. The summed E-state index contributed by atoms with van der Waals surface area (Å²) in [5.74, 6) is -0.714. The van der Waals surface area contributed by atoms with Gasteiger partial charge in [-0.1, -0.05) is 13.3 Å². The van der Waals surface area contributed by atoms with E-state index >= 15 is 0 Å². The molecule has 0 aliphatic heterocycles. The largest absolute Gasteiger partial charge is 0.326 e. The number of fused-ring (bicyclic) bond motifs is 1. The molecule has 0 fully saturated rings. The highest BCUT2D eigenvalue weighted by Crippen LogP contribution is 2.35. The molecule has 0 aliphatic carbocycles. The zero-order chi connectivity index (χ0) is 11.7. The summed E-state index contributed by atoms with van der Waals surface area (Å²) in [5, 5.41) is 0.423. The van der Waals surface area contributed by atoms with Gasteiger partial charge in [0.25, 0.3) is 0 Å². The molecule has 1 heterocycles. The summed E-state index contributed by atoms with van der Waals surface area (Å²) in [6.45, 7) is 2.36. The van der Waals surface area contributed by atoms with Gasteiger partial charge in [-0.15, -0.1) is 11.3 Å². The number of halogens is 2. The highest BCUT2D eigenvalue weighted by atomic mass is 32.1. The Kier molecular flexibility index (Phi) is 3.21. The summed E-state index contributed by atoms with van der Waals surface area (Å²) in [7, 11) is 0. The second-order valence-electron chi connectivity index (χ2n) is 3.69. The zero-order valence-electron chi connectivity index (χ0n) is 9.02. The van der Waals surface area contributed by atoms with Gasteiger partial charge in [0.05, 0.1) is 4.70 Å². The van der Waals surface area contributed by atoms with E-state index in [-0.39, 0.29) is 11.6 Å². The van der Waals surface area contributed by atoms with E-state index in [2.05, 4.69) is 0 Å². The smallest absolute Gasteiger partial charge is 0.141 e. The van der Waals surface area contributed by atoms with Crippen molar-refractivity contribution in [2.45, 2.75) is 26.3 Å². The lowest BCUT2D eigenvalue weighted by Gasteiger charge is -2.01. The first kappa shape index (κ1) is 11.5. The highest BCUT2D eigenvalue weighted by molar-refractivity contribution is 7.19. The molecule has 1 aromatic heterocycles. The van der Waals surface area contributed by atoms with Gasteiger partial charge in [0.2, 0.25) is 0 Å². The Bertz CT molecular complexity index is 519. The zero-order valence-corrected chi connectivity index (χ0v) is 9.83. The molecule has 2 rings (SSSR count). The van der Waals surface area contributed by atoms with Crippen molar-refractivity contribution in [1.82, 2.24) is 0 Å². The molecule has 0 radical (unpaired) electrons. The maximum Gasteiger partial charge on any atom is 0.141 e. The number of aryl methyl sites for hydroxylation is 1. The molecular formula is C12H13F2NS. The van der Waals surface area contributed by atoms with E-state index < -0.39 is 0 Å². The first-order valence-corrected chi connectivity index (χ1v) is 6.09. The second kappa shape index (κ2) is 4.47. The maximum atomic E-state index is 13.7. The van der Waals surface area contributed by atoms with Crippen LogP contribution < -0.4 is 5.73 Å². The van der Waals surface area contributed by atoms with Crippen LogP contribution in [-0.4, -0.2) is 0 Å². The van der Waals surface area contributed by atoms with Crippen molar-refractivity contribution in [2.24, 2.45) is 5.73 Å². The number of thiophene rings is 1. The number of hydrogen-bond donors (Lipinski definition) is 1. The minimum Gasteiger partial charge on any atom is -0.326 e. The van der Waals surface area contributed by atoms with Crippen LogP contribution in [0.2, 0.25) is 0 Å².